The Bertz CT molecular complexity index is 560. The number of hydrogen-bond acceptors (Lipinski definition) is 2. The summed E-state index contributed by atoms with van der Waals surface area (Å²) in [5, 5.41) is 10.5. The molecule has 0 amide bonds. The third kappa shape index (κ3) is 3.47. The molecule has 0 aliphatic heterocycles. The first-order valence-electron chi connectivity index (χ1n) is 6.33. The Balaban J connectivity index is 2.33. The van der Waals surface area contributed by atoms with Crippen LogP contribution < -0.4 is 0 Å². The lowest BCUT2D eigenvalue weighted by molar-refractivity contribution is 0.224. The third-order valence-electron chi connectivity index (χ3n) is 3.02. The fraction of sp³-hybridized carbons (Fsp3) is 0.375. The van der Waals surface area contributed by atoms with Gasteiger partial charge in [-0.15, -0.1) is 11.3 Å². The average molecular weight is 339 g/mol. The second-order valence-corrected chi connectivity index (χ2v) is 7.95. The molecule has 0 radical (unpaired) electrons. The van der Waals surface area contributed by atoms with Gasteiger partial charge >= 0.3 is 0 Å². The van der Waals surface area contributed by atoms with Crippen LogP contribution in [0.15, 0.2) is 34.8 Å². The summed E-state index contributed by atoms with van der Waals surface area (Å²) >= 11 is 5.17. The maximum Gasteiger partial charge on any atom is 0.113 e. The molecule has 0 aliphatic carbocycles. The SMILES string of the molecule is Cc1cc(Br)cc(C(O)c2ccc(C(C)(C)C)s2)c1. The van der Waals surface area contributed by atoms with Crippen LogP contribution in [0.1, 0.15) is 47.8 Å². The molecule has 1 N–H and O–H groups in total. The van der Waals surface area contributed by atoms with E-state index < -0.39 is 6.10 Å². The van der Waals surface area contributed by atoms with Crippen molar-refractivity contribution in [2.75, 3.05) is 0 Å². The third-order valence-corrected chi connectivity index (χ3v) is 5.04. The van der Waals surface area contributed by atoms with Crippen LogP contribution in [-0.2, 0) is 5.41 Å². The largest absolute Gasteiger partial charge is 0.383 e. The number of aliphatic hydroxyl groups is 1. The van der Waals surface area contributed by atoms with E-state index in [1.54, 1.807) is 11.3 Å². The zero-order valence-electron chi connectivity index (χ0n) is 11.7. The molecule has 19 heavy (non-hydrogen) atoms. The average Bonchev–Trinajstić information content (AvgIpc) is 2.75. The molecule has 1 unspecified atom stereocenters. The van der Waals surface area contributed by atoms with Gasteiger partial charge in [0.2, 0.25) is 0 Å². The predicted molar refractivity (Wildman–Crippen MR) is 86.0 cm³/mol. The first kappa shape index (κ1) is 14.8. The Hall–Kier alpha value is -0.640. The monoisotopic (exact) mass is 338 g/mol. The molecule has 3 heteroatoms. The van der Waals surface area contributed by atoms with Gasteiger partial charge in [0, 0.05) is 14.2 Å². The first-order chi connectivity index (χ1) is 8.77. The Labute approximate surface area is 127 Å². The van der Waals surface area contributed by atoms with E-state index in [0.29, 0.717) is 0 Å². The van der Waals surface area contributed by atoms with E-state index in [9.17, 15) is 5.11 Å². The molecular weight excluding hydrogens is 320 g/mol. The van der Waals surface area contributed by atoms with Crippen molar-refractivity contribution in [2.45, 2.75) is 39.2 Å². The first-order valence-corrected chi connectivity index (χ1v) is 7.94. The highest BCUT2D eigenvalue weighted by Gasteiger charge is 2.19. The summed E-state index contributed by atoms with van der Waals surface area (Å²) in [6, 6.07) is 10.2. The van der Waals surface area contributed by atoms with E-state index in [1.807, 2.05) is 31.2 Å². The number of rotatable bonds is 2. The molecule has 0 saturated carbocycles. The highest BCUT2D eigenvalue weighted by atomic mass is 79.9. The maximum absolute atomic E-state index is 10.5. The van der Waals surface area contributed by atoms with Crippen LogP contribution in [-0.4, -0.2) is 5.11 Å². The van der Waals surface area contributed by atoms with Gasteiger partial charge in [-0.3, -0.25) is 0 Å². The fourth-order valence-corrected chi connectivity index (χ4v) is 3.70. The molecule has 1 atom stereocenters. The van der Waals surface area contributed by atoms with Crippen LogP contribution in [0.2, 0.25) is 0 Å². The quantitative estimate of drug-likeness (QED) is 0.797. The van der Waals surface area contributed by atoms with Crippen LogP contribution >= 0.6 is 27.3 Å². The van der Waals surface area contributed by atoms with E-state index in [0.717, 1.165) is 20.5 Å². The fourth-order valence-electron chi connectivity index (χ4n) is 1.99. The summed E-state index contributed by atoms with van der Waals surface area (Å²) < 4.78 is 1.01. The molecule has 0 saturated heterocycles. The smallest absolute Gasteiger partial charge is 0.113 e. The van der Waals surface area contributed by atoms with Crippen molar-refractivity contribution in [2.24, 2.45) is 0 Å². The van der Waals surface area contributed by atoms with Crippen LogP contribution in [0.4, 0.5) is 0 Å². The molecule has 0 aliphatic rings. The lowest BCUT2D eigenvalue weighted by atomic mass is 9.95. The number of aliphatic hydroxyl groups excluding tert-OH is 1. The molecule has 2 aromatic rings. The van der Waals surface area contributed by atoms with Gasteiger partial charge in [-0.25, -0.2) is 0 Å². The molecule has 1 aromatic heterocycles. The van der Waals surface area contributed by atoms with Gasteiger partial charge < -0.3 is 5.11 Å². The maximum atomic E-state index is 10.5. The van der Waals surface area contributed by atoms with Gasteiger partial charge in [-0.1, -0.05) is 42.8 Å². The predicted octanol–water partition coefficient (Wildman–Crippen LogP) is 5.20. The topological polar surface area (TPSA) is 20.2 Å². The van der Waals surface area contributed by atoms with E-state index in [1.165, 1.54) is 4.88 Å². The molecule has 1 aromatic carbocycles. The molecule has 0 bridgehead atoms. The minimum absolute atomic E-state index is 0.135. The van der Waals surface area contributed by atoms with Gasteiger partial charge in [-0.2, -0.15) is 0 Å². The number of aryl methyl sites for hydroxylation is 1. The number of halogens is 1. The molecular formula is C16H19BrOS. The summed E-state index contributed by atoms with van der Waals surface area (Å²) in [6.07, 6.45) is -0.544. The summed E-state index contributed by atoms with van der Waals surface area (Å²) in [4.78, 5) is 2.30. The van der Waals surface area contributed by atoms with Crippen molar-refractivity contribution >= 4 is 27.3 Å². The minimum atomic E-state index is -0.544. The summed E-state index contributed by atoms with van der Waals surface area (Å²) in [5.41, 5.74) is 2.22. The van der Waals surface area contributed by atoms with Crippen LogP contribution in [0, 0.1) is 6.92 Å². The Morgan fingerprint density at radius 2 is 1.84 bits per heavy atom. The van der Waals surface area contributed by atoms with E-state index in [2.05, 4.69) is 42.8 Å². The number of benzene rings is 1. The molecule has 0 spiro atoms. The molecule has 102 valence electrons. The Kier molecular flexibility index (Phi) is 4.19. The lowest BCUT2D eigenvalue weighted by Crippen LogP contribution is -2.07. The van der Waals surface area contributed by atoms with Gasteiger partial charge in [0.25, 0.3) is 0 Å². The summed E-state index contributed by atoms with van der Waals surface area (Å²) in [7, 11) is 0. The van der Waals surface area contributed by atoms with Crippen molar-refractivity contribution in [1.29, 1.82) is 0 Å². The van der Waals surface area contributed by atoms with E-state index in [4.69, 9.17) is 0 Å². The summed E-state index contributed by atoms with van der Waals surface area (Å²) in [5.74, 6) is 0. The van der Waals surface area contributed by atoms with Gasteiger partial charge in [0.05, 0.1) is 0 Å². The van der Waals surface area contributed by atoms with Crippen molar-refractivity contribution in [3.05, 3.63) is 55.7 Å². The highest BCUT2D eigenvalue weighted by molar-refractivity contribution is 9.10. The molecule has 1 nitrogen and oxygen atoms in total. The standard InChI is InChI=1S/C16H19BrOS/c1-10-7-11(9-12(17)8-10)15(18)13-5-6-14(19-13)16(2,3)4/h5-9,15,18H,1-4H3. The Morgan fingerprint density at radius 1 is 1.16 bits per heavy atom. The second kappa shape index (κ2) is 5.39. The normalized spacial score (nSPS) is 13.6. The minimum Gasteiger partial charge on any atom is -0.383 e. The van der Waals surface area contributed by atoms with Crippen molar-refractivity contribution in [1.82, 2.24) is 0 Å². The van der Waals surface area contributed by atoms with Crippen LogP contribution in [0.25, 0.3) is 0 Å². The molecule has 0 fully saturated rings. The second-order valence-electron chi connectivity index (χ2n) is 5.92. The van der Waals surface area contributed by atoms with Gasteiger partial charge in [-0.05, 0) is 47.7 Å². The van der Waals surface area contributed by atoms with Gasteiger partial charge in [0.15, 0.2) is 0 Å². The van der Waals surface area contributed by atoms with E-state index >= 15 is 0 Å². The van der Waals surface area contributed by atoms with Crippen molar-refractivity contribution in [3.8, 4) is 0 Å². The van der Waals surface area contributed by atoms with E-state index in [-0.39, 0.29) is 5.41 Å². The number of hydrogen-bond donors (Lipinski definition) is 1. The van der Waals surface area contributed by atoms with Crippen molar-refractivity contribution in [3.63, 3.8) is 0 Å². The Morgan fingerprint density at radius 3 is 2.37 bits per heavy atom. The molecule has 1 heterocycles. The highest BCUT2D eigenvalue weighted by Crippen LogP contribution is 2.35. The zero-order valence-corrected chi connectivity index (χ0v) is 14.1. The van der Waals surface area contributed by atoms with Crippen LogP contribution in [0.3, 0.4) is 0 Å². The van der Waals surface area contributed by atoms with Crippen LogP contribution in [0.5, 0.6) is 0 Å². The van der Waals surface area contributed by atoms with Crippen molar-refractivity contribution < 1.29 is 5.11 Å². The molecule has 2 rings (SSSR count). The lowest BCUT2D eigenvalue weighted by Gasteiger charge is -2.16. The number of thiophene rings is 1. The summed E-state index contributed by atoms with van der Waals surface area (Å²) in [6.45, 7) is 8.62. The zero-order chi connectivity index (χ0) is 14.2. The van der Waals surface area contributed by atoms with Gasteiger partial charge in [0.1, 0.15) is 6.10 Å².